The lowest BCUT2D eigenvalue weighted by molar-refractivity contribution is 0.397. The molecule has 0 amide bonds. The lowest BCUT2D eigenvalue weighted by Crippen LogP contribution is -2.47. The molecule has 0 aromatic heterocycles. The normalized spacial score (nSPS) is 11.0. The first kappa shape index (κ1) is 18.0. The Labute approximate surface area is 159 Å². The van der Waals surface area contributed by atoms with Crippen molar-refractivity contribution in [3.8, 4) is 5.75 Å². The number of benzene rings is 3. The van der Waals surface area contributed by atoms with Crippen LogP contribution < -0.4 is 10.1 Å². The predicted molar refractivity (Wildman–Crippen MR) is 107 cm³/mol. The molecule has 0 saturated carbocycles. The highest BCUT2D eigenvalue weighted by atomic mass is 35.5. The van der Waals surface area contributed by atoms with Gasteiger partial charge in [-0.1, -0.05) is 72.3 Å². The number of hydrogen-bond donors (Lipinski definition) is 2. The molecular weight excluding hydrogens is 344 g/mol. The minimum atomic E-state index is -0.801. The van der Waals surface area contributed by atoms with Crippen LogP contribution >= 0.6 is 11.6 Å². The van der Waals surface area contributed by atoms with Gasteiger partial charge in [0.15, 0.2) is 0 Å². The minimum absolute atomic E-state index is 0.347. The SMILES string of the molecule is COc1ccc(Cl)cc1C(NC(C)=N)(c1ccccc1)c1ccccc1. The monoisotopic (exact) mass is 364 g/mol. The number of hydrogen-bond acceptors (Lipinski definition) is 2. The zero-order valence-electron chi connectivity index (χ0n) is 14.8. The fraction of sp³-hybridized carbons (Fsp3) is 0.136. The quantitative estimate of drug-likeness (QED) is 0.370. The van der Waals surface area contributed by atoms with E-state index in [1.165, 1.54) is 0 Å². The summed E-state index contributed by atoms with van der Waals surface area (Å²) in [5.74, 6) is 1.05. The van der Waals surface area contributed by atoms with Gasteiger partial charge in [-0.2, -0.15) is 0 Å². The molecule has 0 heterocycles. The third-order valence-corrected chi connectivity index (χ3v) is 4.59. The van der Waals surface area contributed by atoms with Crippen LogP contribution in [-0.4, -0.2) is 12.9 Å². The van der Waals surface area contributed by atoms with Gasteiger partial charge in [-0.3, -0.25) is 5.41 Å². The molecule has 4 heteroatoms. The summed E-state index contributed by atoms with van der Waals surface area (Å²) in [5, 5.41) is 12.2. The number of amidine groups is 1. The maximum Gasteiger partial charge on any atom is 0.125 e. The minimum Gasteiger partial charge on any atom is -0.496 e. The number of ether oxygens (including phenoxy) is 1. The summed E-state index contributed by atoms with van der Waals surface area (Å²) in [5.41, 5.74) is 2.05. The molecule has 3 rings (SSSR count). The van der Waals surface area contributed by atoms with Gasteiger partial charge in [-0.05, 0) is 36.2 Å². The number of methoxy groups -OCH3 is 1. The van der Waals surface area contributed by atoms with E-state index in [1.54, 1.807) is 14.0 Å². The van der Waals surface area contributed by atoms with Crippen LogP contribution in [0.3, 0.4) is 0 Å². The molecule has 3 nitrogen and oxygen atoms in total. The predicted octanol–water partition coefficient (Wildman–Crippen LogP) is 5.23. The van der Waals surface area contributed by atoms with Gasteiger partial charge < -0.3 is 10.1 Å². The van der Waals surface area contributed by atoms with Crippen molar-refractivity contribution in [1.29, 1.82) is 5.41 Å². The Bertz CT molecular complexity index is 855. The average molecular weight is 365 g/mol. The molecule has 0 fully saturated rings. The molecular formula is C22H21ClN2O. The summed E-state index contributed by atoms with van der Waals surface area (Å²) in [6.07, 6.45) is 0. The van der Waals surface area contributed by atoms with E-state index in [0.717, 1.165) is 16.7 Å². The maximum absolute atomic E-state index is 8.19. The average Bonchev–Trinajstić information content (AvgIpc) is 2.67. The van der Waals surface area contributed by atoms with E-state index in [4.69, 9.17) is 21.7 Å². The van der Waals surface area contributed by atoms with E-state index in [2.05, 4.69) is 5.32 Å². The fourth-order valence-electron chi connectivity index (χ4n) is 3.32. The number of halogens is 1. The molecule has 132 valence electrons. The molecule has 0 radical (unpaired) electrons. The summed E-state index contributed by atoms with van der Waals surface area (Å²) < 4.78 is 5.66. The van der Waals surface area contributed by atoms with Crippen LogP contribution in [0.2, 0.25) is 5.02 Å². The van der Waals surface area contributed by atoms with Crippen molar-refractivity contribution >= 4 is 17.4 Å². The van der Waals surface area contributed by atoms with Gasteiger partial charge in [0.2, 0.25) is 0 Å². The highest BCUT2D eigenvalue weighted by molar-refractivity contribution is 6.30. The topological polar surface area (TPSA) is 45.1 Å². The molecule has 0 aliphatic heterocycles. The van der Waals surface area contributed by atoms with E-state index in [-0.39, 0.29) is 0 Å². The first-order chi connectivity index (χ1) is 12.6. The Balaban J connectivity index is 2.42. The molecule has 0 spiro atoms. The van der Waals surface area contributed by atoms with E-state index in [0.29, 0.717) is 16.6 Å². The number of nitrogens with one attached hydrogen (secondary N) is 2. The van der Waals surface area contributed by atoms with Crippen LogP contribution in [0.4, 0.5) is 0 Å². The summed E-state index contributed by atoms with van der Waals surface area (Å²) in [4.78, 5) is 0. The van der Waals surface area contributed by atoms with E-state index in [1.807, 2.05) is 78.9 Å². The van der Waals surface area contributed by atoms with Crippen LogP contribution in [0.15, 0.2) is 78.9 Å². The molecule has 2 N–H and O–H groups in total. The van der Waals surface area contributed by atoms with Crippen molar-refractivity contribution in [3.63, 3.8) is 0 Å². The first-order valence-electron chi connectivity index (χ1n) is 8.36. The highest BCUT2D eigenvalue weighted by Gasteiger charge is 2.39. The molecule has 26 heavy (non-hydrogen) atoms. The third kappa shape index (κ3) is 3.31. The molecule has 3 aromatic carbocycles. The Morgan fingerprint density at radius 1 is 0.923 bits per heavy atom. The smallest absolute Gasteiger partial charge is 0.125 e. The van der Waals surface area contributed by atoms with Gasteiger partial charge in [0.05, 0.1) is 12.9 Å². The van der Waals surface area contributed by atoms with E-state index < -0.39 is 5.54 Å². The fourth-order valence-corrected chi connectivity index (χ4v) is 3.49. The zero-order valence-corrected chi connectivity index (χ0v) is 15.5. The Morgan fingerprint density at radius 3 is 1.92 bits per heavy atom. The third-order valence-electron chi connectivity index (χ3n) is 4.35. The summed E-state index contributed by atoms with van der Waals surface area (Å²) in [7, 11) is 1.64. The maximum atomic E-state index is 8.19. The zero-order chi connectivity index (χ0) is 18.6. The summed E-state index contributed by atoms with van der Waals surface area (Å²) in [6, 6.07) is 25.7. The lowest BCUT2D eigenvalue weighted by Gasteiger charge is -2.38. The summed E-state index contributed by atoms with van der Waals surface area (Å²) in [6.45, 7) is 1.73. The second kappa shape index (κ2) is 7.63. The van der Waals surface area contributed by atoms with Gasteiger partial charge in [0.25, 0.3) is 0 Å². The van der Waals surface area contributed by atoms with Gasteiger partial charge in [0, 0.05) is 10.6 Å². The van der Waals surface area contributed by atoms with E-state index in [9.17, 15) is 0 Å². The molecule has 0 atom stereocenters. The summed E-state index contributed by atoms with van der Waals surface area (Å²) >= 11 is 6.35. The van der Waals surface area contributed by atoms with Crippen molar-refractivity contribution in [1.82, 2.24) is 5.32 Å². The van der Waals surface area contributed by atoms with Crippen molar-refractivity contribution < 1.29 is 4.74 Å². The standard InChI is InChI=1S/C22H21ClN2O/c1-16(24)25-22(17-9-5-3-6-10-17,18-11-7-4-8-12-18)20-15-19(23)13-14-21(20)26-2/h3-15H,1-2H3,(H2,24,25). The Hall–Kier alpha value is -2.78. The van der Waals surface area contributed by atoms with Crippen LogP contribution in [-0.2, 0) is 5.54 Å². The molecule has 0 aliphatic carbocycles. The van der Waals surface area contributed by atoms with Crippen molar-refractivity contribution in [3.05, 3.63) is 101 Å². The Kier molecular flexibility index (Phi) is 5.29. The molecule has 3 aromatic rings. The van der Waals surface area contributed by atoms with Crippen LogP contribution in [0.25, 0.3) is 0 Å². The lowest BCUT2D eigenvalue weighted by atomic mass is 9.76. The van der Waals surface area contributed by atoms with Crippen LogP contribution in [0.1, 0.15) is 23.6 Å². The second-order valence-corrected chi connectivity index (χ2v) is 6.51. The second-order valence-electron chi connectivity index (χ2n) is 6.08. The molecule has 0 saturated heterocycles. The Morgan fingerprint density at radius 2 is 1.46 bits per heavy atom. The van der Waals surface area contributed by atoms with Crippen molar-refractivity contribution in [2.24, 2.45) is 0 Å². The largest absolute Gasteiger partial charge is 0.496 e. The van der Waals surface area contributed by atoms with Gasteiger partial charge in [0.1, 0.15) is 11.3 Å². The first-order valence-corrected chi connectivity index (χ1v) is 8.74. The number of rotatable bonds is 5. The van der Waals surface area contributed by atoms with Crippen molar-refractivity contribution in [2.75, 3.05) is 7.11 Å². The van der Waals surface area contributed by atoms with Crippen LogP contribution in [0, 0.1) is 5.41 Å². The van der Waals surface area contributed by atoms with E-state index >= 15 is 0 Å². The van der Waals surface area contributed by atoms with Crippen LogP contribution in [0.5, 0.6) is 5.75 Å². The molecule has 0 unspecified atom stereocenters. The van der Waals surface area contributed by atoms with Gasteiger partial charge >= 0.3 is 0 Å². The molecule has 0 aliphatic rings. The molecule has 0 bridgehead atoms. The van der Waals surface area contributed by atoms with Gasteiger partial charge in [-0.15, -0.1) is 0 Å². The highest BCUT2D eigenvalue weighted by Crippen LogP contribution is 2.42. The van der Waals surface area contributed by atoms with Gasteiger partial charge in [-0.25, -0.2) is 0 Å². The van der Waals surface area contributed by atoms with Crippen molar-refractivity contribution in [2.45, 2.75) is 12.5 Å².